The van der Waals surface area contributed by atoms with Gasteiger partial charge < -0.3 is 79.6 Å². The fourth-order valence-corrected chi connectivity index (χ4v) is 17.6. The van der Waals surface area contributed by atoms with Crippen LogP contribution in [-0.4, -0.2) is 122 Å². The molecule has 0 atom stereocenters. The third-order valence-electron chi connectivity index (χ3n) is 19.6. The summed E-state index contributed by atoms with van der Waals surface area (Å²) in [5.74, 6) is 6.28. The van der Waals surface area contributed by atoms with Gasteiger partial charge in [0.2, 0.25) is 23.1 Å². The molecule has 0 aliphatic heterocycles. The third-order valence-corrected chi connectivity index (χ3v) is 24.1. The van der Waals surface area contributed by atoms with Crippen molar-refractivity contribution in [3.05, 3.63) is 332 Å². The maximum atomic E-state index is 14.3. The average molecular weight is 1780 g/mol. The van der Waals surface area contributed by atoms with Crippen molar-refractivity contribution in [1.29, 1.82) is 0 Å². The van der Waals surface area contributed by atoms with Crippen LogP contribution in [0.25, 0.3) is 40.3 Å². The zero-order valence-corrected chi connectivity index (χ0v) is 73.9. The zero-order chi connectivity index (χ0) is 89.1. The van der Waals surface area contributed by atoms with Crippen molar-refractivity contribution < 1.29 is 81.9 Å². The molecule has 650 valence electrons. The Kier molecular flexibility index (Phi) is 32.3. The highest BCUT2D eigenvalue weighted by Crippen LogP contribution is 2.48. The number of ether oxygens (including phenoxy) is 8. The molecule has 0 bridgehead atoms. The first kappa shape index (κ1) is 91.2. The van der Waals surface area contributed by atoms with Crippen molar-refractivity contribution in [2.45, 2.75) is 41.5 Å². The number of phenols is 4. The first-order valence-electron chi connectivity index (χ1n) is 41.4. The average Bonchev–Trinajstić information content (AvgIpc) is 1.64. The molecule has 0 aliphatic rings. The highest BCUT2D eigenvalue weighted by molar-refractivity contribution is 7.22. The largest absolute Gasteiger partial charge is 0.508 e. The molecule has 0 saturated heterocycles. The molecule has 0 aliphatic carbocycles. The number of aryl methyl sites for hydroxylation is 2. The number of carbonyl (C=O) groups is 4. The molecule has 0 radical (unpaired) electrons. The number of phenolic OH excluding ortho intramolecular Hbond substituents is 4. The van der Waals surface area contributed by atoms with E-state index in [4.69, 9.17) is 37.9 Å². The molecule has 127 heavy (non-hydrogen) atoms. The Bertz CT molecular complexity index is 6210. The molecule has 0 spiro atoms. The highest BCUT2D eigenvalue weighted by atomic mass is 32.1. The van der Waals surface area contributed by atoms with Crippen molar-refractivity contribution in [3.63, 3.8) is 0 Å². The summed E-state index contributed by atoms with van der Waals surface area (Å²) in [4.78, 5) is 54.8. The van der Waals surface area contributed by atoms with E-state index in [1.54, 1.807) is 109 Å². The fraction of sp³-hybridized carbons (Fsp3) is 0.176. The third kappa shape index (κ3) is 24.2. The number of thiophene rings is 4. The number of benzene rings is 12. The van der Waals surface area contributed by atoms with Crippen LogP contribution in [0.1, 0.15) is 99.8 Å². The molecule has 20 nitrogen and oxygen atoms in total. The lowest BCUT2D eigenvalue weighted by molar-refractivity contribution is 0.102. The Morgan fingerprint density at radius 2 is 0.567 bits per heavy atom. The van der Waals surface area contributed by atoms with Crippen LogP contribution in [0.5, 0.6) is 92.0 Å². The Morgan fingerprint density at radius 1 is 0.299 bits per heavy atom. The van der Waals surface area contributed by atoms with Crippen LogP contribution in [0, 0.1) is 19.7 Å². The second-order valence-electron chi connectivity index (χ2n) is 28.7. The Morgan fingerprint density at radius 3 is 0.874 bits per heavy atom. The Labute approximate surface area is 750 Å². The lowest BCUT2D eigenvalue weighted by Crippen LogP contribution is -2.20. The number of aromatic hydroxyl groups is 4. The summed E-state index contributed by atoms with van der Waals surface area (Å²) in [5.41, 5.74) is 3.79. The van der Waals surface area contributed by atoms with Gasteiger partial charge in [-0.05, 0) is 228 Å². The summed E-state index contributed by atoms with van der Waals surface area (Å²) >= 11 is 5.11. The minimum absolute atomic E-state index is 0.0300. The Hall–Kier alpha value is -13.5. The monoisotopic (exact) mass is 1780 g/mol. The van der Waals surface area contributed by atoms with Crippen LogP contribution >= 0.6 is 45.3 Å². The minimum atomic E-state index is -0.595. The molecular weight excluding hydrogens is 1680 g/mol. The molecule has 8 N–H and O–H groups in total. The van der Waals surface area contributed by atoms with E-state index in [-0.39, 0.29) is 50.8 Å². The van der Waals surface area contributed by atoms with E-state index in [0.717, 1.165) is 122 Å². The number of halogens is 1. The summed E-state index contributed by atoms with van der Waals surface area (Å²) in [6.07, 6.45) is 0. The molecule has 0 amide bonds. The van der Waals surface area contributed by atoms with E-state index in [1.807, 2.05) is 160 Å². The van der Waals surface area contributed by atoms with Crippen molar-refractivity contribution >= 4 is 109 Å². The van der Waals surface area contributed by atoms with Gasteiger partial charge in [0.15, 0.2) is 23.0 Å². The number of fused-ring (bicyclic) bond motifs is 4. The topological polar surface area (TPSA) is 271 Å². The molecule has 0 saturated carbocycles. The predicted octanol–water partition coefficient (Wildman–Crippen LogP) is 23.2. The lowest BCUT2D eigenvalue weighted by atomic mass is 10.0. The Balaban J connectivity index is 0.000000145. The molecule has 4 aromatic heterocycles. The summed E-state index contributed by atoms with van der Waals surface area (Å²) < 4.78 is 64.8. The number of carbonyl (C=O) groups excluding carboxylic acids is 4. The van der Waals surface area contributed by atoms with Crippen molar-refractivity contribution in [3.8, 4) is 92.0 Å². The maximum absolute atomic E-state index is 14.3. The second kappa shape index (κ2) is 44.9. The molecule has 16 aromatic rings. The summed E-state index contributed by atoms with van der Waals surface area (Å²) in [6.45, 7) is 21.1. The molecule has 4 heterocycles. The molecular formula is C102H95FN4O16S4. The van der Waals surface area contributed by atoms with Gasteiger partial charge in [0, 0.05) is 83.2 Å². The summed E-state index contributed by atoms with van der Waals surface area (Å²) in [6, 6.07) is 79.0. The fourth-order valence-electron chi connectivity index (χ4n) is 13.1. The van der Waals surface area contributed by atoms with Crippen LogP contribution < -0.4 is 59.2 Å². The number of nitrogens with one attached hydrogen (secondary N) is 4. The predicted molar refractivity (Wildman–Crippen MR) is 505 cm³/mol. The van der Waals surface area contributed by atoms with Crippen molar-refractivity contribution in [2.24, 2.45) is 0 Å². The van der Waals surface area contributed by atoms with E-state index in [9.17, 15) is 44.0 Å². The highest BCUT2D eigenvalue weighted by Gasteiger charge is 2.28. The van der Waals surface area contributed by atoms with E-state index in [1.165, 1.54) is 58.3 Å². The van der Waals surface area contributed by atoms with Gasteiger partial charge >= 0.3 is 0 Å². The van der Waals surface area contributed by atoms with E-state index < -0.39 is 11.6 Å². The quantitative estimate of drug-likeness (QED) is 0.0134. The van der Waals surface area contributed by atoms with Crippen molar-refractivity contribution in [2.75, 3.05) is 78.8 Å². The standard InChI is InChI=1S/2C26H25NO4S.C25H22FNO4S.C25H23NO4S/c1-3-27-14-15-30-20-9-11-21(12-10-20)31-25-22-13-8-19(28)16-23(22)32-26(25)24(29)18-6-4-17(2)5-7-18;1-3-27-14-15-30-19-9-11-20(12-10-19)31-25-22-13-8-18(28)16-23(22)32-26(25)24(29)21-7-5-4-6-17(21)2;1-2-27-13-14-30-17-8-10-18(11-9-17)31-24-20-12-7-16(28)15-22(20)32-25(24)23(29)19-5-3-4-6-21(19)26;1-2-26-14-15-29-19-9-11-20(12-10-19)30-24-21-13-8-18(27)16-22(21)31-25(24)23(28)17-6-4-3-5-7-17/h2*4-13,16,27-28H,3,14-15H2,1-2H3;3-12,15,27-28H,2,13-14H2,1H3;3-13,16,26-27H,2,14-15H2,1H3. The zero-order valence-electron chi connectivity index (χ0n) is 70.7. The number of hydrogen-bond acceptors (Lipinski definition) is 24. The number of likely N-dealkylation sites (N-methyl/N-ethyl adjacent to an activating group) is 4. The molecule has 16 rings (SSSR count). The first-order valence-corrected chi connectivity index (χ1v) is 44.7. The van der Waals surface area contributed by atoms with E-state index >= 15 is 0 Å². The van der Waals surface area contributed by atoms with Crippen LogP contribution in [0.2, 0.25) is 0 Å². The summed E-state index contributed by atoms with van der Waals surface area (Å²) in [7, 11) is 0. The van der Waals surface area contributed by atoms with Gasteiger partial charge in [0.1, 0.15) is 121 Å². The smallest absolute Gasteiger partial charge is 0.209 e. The SMILES string of the molecule is CCNCCOc1ccc(Oc2c(C(=O)c3ccc(C)cc3)sc3cc(O)ccc23)cc1.CCNCCOc1ccc(Oc2c(C(=O)c3ccccc3)sc3cc(O)ccc23)cc1.CCNCCOc1ccc(Oc2c(C(=O)c3ccccc3C)sc3cc(O)ccc23)cc1.CCNCCOc1ccc(Oc2c(C(=O)c3ccccc3F)sc3cc(O)ccc23)cc1. The molecule has 0 unspecified atom stereocenters. The van der Waals surface area contributed by atoms with Gasteiger partial charge in [-0.25, -0.2) is 4.39 Å². The van der Waals surface area contributed by atoms with Gasteiger partial charge in [-0.2, -0.15) is 0 Å². The van der Waals surface area contributed by atoms with Gasteiger partial charge in [-0.1, -0.05) is 124 Å². The van der Waals surface area contributed by atoms with Crippen LogP contribution in [0.15, 0.2) is 273 Å². The van der Waals surface area contributed by atoms with Gasteiger partial charge in [-0.3, -0.25) is 19.2 Å². The van der Waals surface area contributed by atoms with Crippen molar-refractivity contribution in [1.82, 2.24) is 21.3 Å². The summed E-state index contributed by atoms with van der Waals surface area (Å²) in [5, 5.41) is 55.4. The minimum Gasteiger partial charge on any atom is -0.508 e. The number of ketones is 4. The molecule has 12 aromatic carbocycles. The van der Waals surface area contributed by atoms with Gasteiger partial charge in [0.05, 0.1) is 5.56 Å². The van der Waals surface area contributed by atoms with Gasteiger partial charge in [0.25, 0.3) is 0 Å². The van der Waals surface area contributed by atoms with E-state index in [2.05, 4.69) is 42.0 Å². The maximum Gasteiger partial charge on any atom is 0.209 e. The number of rotatable bonds is 36. The molecule has 0 fully saturated rings. The van der Waals surface area contributed by atoms with Crippen LogP contribution in [-0.2, 0) is 0 Å². The van der Waals surface area contributed by atoms with Gasteiger partial charge in [-0.15, -0.1) is 45.3 Å². The first-order chi connectivity index (χ1) is 61.8. The second-order valence-corrected chi connectivity index (χ2v) is 32.9. The van der Waals surface area contributed by atoms with E-state index in [0.29, 0.717) is 120 Å². The molecule has 25 heteroatoms. The lowest BCUT2D eigenvalue weighted by Gasteiger charge is -2.10. The number of hydrogen-bond donors (Lipinski definition) is 8. The normalized spacial score (nSPS) is 10.9. The van der Waals surface area contributed by atoms with Crippen LogP contribution in [0.4, 0.5) is 4.39 Å². The van der Waals surface area contributed by atoms with Crippen LogP contribution in [0.3, 0.4) is 0 Å².